The number of hydrogen-bond donors (Lipinski definition) is 2. The minimum atomic E-state index is -1.05. The Hall–Kier alpha value is -1.98. The van der Waals surface area contributed by atoms with Gasteiger partial charge < -0.3 is 14.9 Å². The molecule has 0 aliphatic carbocycles. The predicted molar refractivity (Wildman–Crippen MR) is 65.1 cm³/mol. The summed E-state index contributed by atoms with van der Waals surface area (Å²) in [4.78, 5) is 15.8. The monoisotopic (exact) mass is 247 g/mol. The molecule has 0 amide bonds. The van der Waals surface area contributed by atoms with Crippen molar-refractivity contribution in [3.63, 3.8) is 0 Å². The minimum Gasteiger partial charge on any atom is -0.459 e. The van der Waals surface area contributed by atoms with Gasteiger partial charge in [-0.25, -0.2) is 4.79 Å². The molecule has 0 bridgehead atoms. The maximum Gasteiger partial charge on any atom is 0.338 e. The summed E-state index contributed by atoms with van der Waals surface area (Å²) in [6, 6.07) is 8.65. The molecule has 1 aromatic heterocycles. The Morgan fingerprint density at radius 3 is 3.00 bits per heavy atom. The maximum absolute atomic E-state index is 11.7. The van der Waals surface area contributed by atoms with Crippen molar-refractivity contribution < 1.29 is 19.7 Å². The number of carbonyl (C=O) groups excluding carboxylic acids is 1. The van der Waals surface area contributed by atoms with Crippen molar-refractivity contribution >= 4 is 16.9 Å². The SMILES string of the molecule is O=C(OCC(O)CO)c1ccc2ncccc2c1. The van der Waals surface area contributed by atoms with Crippen molar-refractivity contribution in [2.75, 3.05) is 13.2 Å². The highest BCUT2D eigenvalue weighted by Gasteiger charge is 2.10. The Balaban J connectivity index is 2.13. The van der Waals surface area contributed by atoms with Crippen molar-refractivity contribution in [1.29, 1.82) is 0 Å². The topological polar surface area (TPSA) is 79.7 Å². The highest BCUT2D eigenvalue weighted by atomic mass is 16.5. The van der Waals surface area contributed by atoms with Crippen LogP contribution in [0.15, 0.2) is 36.5 Å². The molecule has 0 aliphatic rings. The summed E-state index contributed by atoms with van der Waals surface area (Å²) in [5.41, 5.74) is 1.19. The van der Waals surface area contributed by atoms with Crippen molar-refractivity contribution in [2.24, 2.45) is 0 Å². The normalized spacial score (nSPS) is 12.3. The fourth-order valence-electron chi connectivity index (χ4n) is 1.51. The zero-order valence-corrected chi connectivity index (χ0v) is 9.61. The smallest absolute Gasteiger partial charge is 0.338 e. The standard InChI is InChI=1S/C13H13NO4/c15-7-11(16)8-18-13(17)10-3-4-12-9(6-10)2-1-5-14-12/h1-6,11,15-16H,7-8H2. The van der Waals surface area contributed by atoms with E-state index in [9.17, 15) is 4.79 Å². The first-order valence-corrected chi connectivity index (χ1v) is 5.51. The van der Waals surface area contributed by atoms with E-state index in [2.05, 4.69) is 4.98 Å². The van der Waals surface area contributed by atoms with E-state index in [4.69, 9.17) is 14.9 Å². The van der Waals surface area contributed by atoms with E-state index in [0.29, 0.717) is 5.56 Å². The van der Waals surface area contributed by atoms with Gasteiger partial charge in [0.15, 0.2) is 0 Å². The molecule has 2 aromatic rings. The van der Waals surface area contributed by atoms with Crippen LogP contribution in [0.2, 0.25) is 0 Å². The van der Waals surface area contributed by atoms with Crippen LogP contribution in [0.4, 0.5) is 0 Å². The first-order chi connectivity index (χ1) is 8.70. The van der Waals surface area contributed by atoms with Gasteiger partial charge >= 0.3 is 5.97 Å². The van der Waals surface area contributed by atoms with Crippen LogP contribution in [0.5, 0.6) is 0 Å². The molecule has 0 spiro atoms. The van der Waals surface area contributed by atoms with E-state index in [1.54, 1.807) is 30.5 Å². The summed E-state index contributed by atoms with van der Waals surface area (Å²) in [5.74, 6) is -0.534. The average Bonchev–Trinajstić information content (AvgIpc) is 2.43. The lowest BCUT2D eigenvalue weighted by Gasteiger charge is -2.08. The van der Waals surface area contributed by atoms with Gasteiger partial charge in [-0.2, -0.15) is 0 Å². The number of esters is 1. The molecule has 0 fully saturated rings. The lowest BCUT2D eigenvalue weighted by molar-refractivity contribution is 0.00934. The molecular weight excluding hydrogens is 234 g/mol. The lowest BCUT2D eigenvalue weighted by Crippen LogP contribution is -2.21. The quantitative estimate of drug-likeness (QED) is 0.779. The largest absolute Gasteiger partial charge is 0.459 e. The molecule has 2 rings (SSSR count). The fraction of sp³-hybridized carbons (Fsp3) is 0.231. The van der Waals surface area contributed by atoms with Crippen LogP contribution in [0.3, 0.4) is 0 Å². The maximum atomic E-state index is 11.7. The number of pyridine rings is 1. The van der Waals surface area contributed by atoms with Gasteiger partial charge in [0.05, 0.1) is 17.7 Å². The van der Waals surface area contributed by atoms with Gasteiger partial charge in [0.25, 0.3) is 0 Å². The van der Waals surface area contributed by atoms with Gasteiger partial charge in [0.1, 0.15) is 12.7 Å². The van der Waals surface area contributed by atoms with Crippen LogP contribution in [-0.4, -0.2) is 40.5 Å². The van der Waals surface area contributed by atoms with E-state index in [-0.39, 0.29) is 6.61 Å². The molecule has 18 heavy (non-hydrogen) atoms. The minimum absolute atomic E-state index is 0.222. The third-order valence-electron chi connectivity index (χ3n) is 2.46. The van der Waals surface area contributed by atoms with E-state index in [1.807, 2.05) is 6.07 Å². The summed E-state index contributed by atoms with van der Waals surface area (Å²) < 4.78 is 4.86. The number of aromatic nitrogens is 1. The molecule has 0 saturated carbocycles. The van der Waals surface area contributed by atoms with Crippen molar-refractivity contribution in [3.8, 4) is 0 Å². The molecule has 5 nitrogen and oxygen atoms in total. The third-order valence-corrected chi connectivity index (χ3v) is 2.46. The van der Waals surface area contributed by atoms with Gasteiger partial charge in [-0.1, -0.05) is 6.07 Å². The molecule has 94 valence electrons. The number of carbonyl (C=O) groups is 1. The number of rotatable bonds is 4. The molecule has 5 heteroatoms. The van der Waals surface area contributed by atoms with Crippen LogP contribution in [0.25, 0.3) is 10.9 Å². The first kappa shape index (κ1) is 12.5. The number of benzene rings is 1. The molecule has 1 unspecified atom stereocenters. The van der Waals surface area contributed by atoms with Crippen molar-refractivity contribution in [3.05, 3.63) is 42.1 Å². The van der Waals surface area contributed by atoms with Crippen LogP contribution in [0.1, 0.15) is 10.4 Å². The Morgan fingerprint density at radius 2 is 2.22 bits per heavy atom. The fourth-order valence-corrected chi connectivity index (χ4v) is 1.51. The molecule has 0 aliphatic heterocycles. The zero-order chi connectivity index (χ0) is 13.0. The van der Waals surface area contributed by atoms with E-state index >= 15 is 0 Å². The molecule has 1 atom stereocenters. The summed E-state index contributed by atoms with van der Waals surface area (Å²) in [7, 11) is 0. The molecule has 0 radical (unpaired) electrons. The number of fused-ring (bicyclic) bond motifs is 1. The van der Waals surface area contributed by atoms with Gasteiger partial charge in [0.2, 0.25) is 0 Å². The zero-order valence-electron chi connectivity index (χ0n) is 9.61. The number of nitrogens with zero attached hydrogens (tertiary/aromatic N) is 1. The molecule has 2 N–H and O–H groups in total. The van der Waals surface area contributed by atoms with Crippen LogP contribution in [0, 0.1) is 0 Å². The molecule has 1 aromatic carbocycles. The second kappa shape index (κ2) is 5.57. The lowest BCUT2D eigenvalue weighted by atomic mass is 10.1. The first-order valence-electron chi connectivity index (χ1n) is 5.51. The Morgan fingerprint density at radius 1 is 1.39 bits per heavy atom. The number of hydrogen-bond acceptors (Lipinski definition) is 5. The Bertz CT molecular complexity index is 555. The molecular formula is C13H13NO4. The highest BCUT2D eigenvalue weighted by Crippen LogP contribution is 2.14. The second-order valence-corrected chi connectivity index (χ2v) is 3.85. The number of aliphatic hydroxyl groups is 2. The predicted octanol–water partition coefficient (Wildman–Crippen LogP) is 0.745. The third kappa shape index (κ3) is 2.82. The summed E-state index contributed by atoms with van der Waals surface area (Å²) >= 11 is 0. The van der Waals surface area contributed by atoms with E-state index < -0.39 is 18.7 Å². The number of aliphatic hydroxyl groups excluding tert-OH is 2. The van der Waals surface area contributed by atoms with Gasteiger partial charge in [0, 0.05) is 11.6 Å². The molecule has 0 saturated heterocycles. The van der Waals surface area contributed by atoms with Crippen molar-refractivity contribution in [1.82, 2.24) is 4.98 Å². The van der Waals surface area contributed by atoms with E-state index in [1.165, 1.54) is 0 Å². The van der Waals surface area contributed by atoms with Gasteiger partial charge in [-0.15, -0.1) is 0 Å². The second-order valence-electron chi connectivity index (χ2n) is 3.85. The summed E-state index contributed by atoms with van der Waals surface area (Å²) in [6.45, 7) is -0.657. The number of ether oxygens (including phenoxy) is 1. The van der Waals surface area contributed by atoms with Crippen molar-refractivity contribution in [2.45, 2.75) is 6.10 Å². The summed E-state index contributed by atoms with van der Waals surface area (Å²) in [5, 5.41) is 18.5. The summed E-state index contributed by atoms with van der Waals surface area (Å²) in [6.07, 6.45) is 0.633. The highest BCUT2D eigenvalue weighted by molar-refractivity contribution is 5.94. The van der Waals surface area contributed by atoms with Crippen LogP contribution >= 0.6 is 0 Å². The Labute approximate surface area is 104 Å². The van der Waals surface area contributed by atoms with Crippen LogP contribution in [-0.2, 0) is 4.74 Å². The molecule has 1 heterocycles. The average molecular weight is 247 g/mol. The van der Waals surface area contributed by atoms with E-state index in [0.717, 1.165) is 10.9 Å². The Kier molecular flexibility index (Phi) is 3.86. The van der Waals surface area contributed by atoms with Gasteiger partial charge in [-0.05, 0) is 24.3 Å². The van der Waals surface area contributed by atoms with Gasteiger partial charge in [-0.3, -0.25) is 4.98 Å². The van der Waals surface area contributed by atoms with Crippen LogP contribution < -0.4 is 0 Å².